The lowest BCUT2D eigenvalue weighted by atomic mass is 10.2. The van der Waals surface area contributed by atoms with Gasteiger partial charge >= 0.3 is 0 Å². The molecule has 0 atom stereocenters. The zero-order valence-electron chi connectivity index (χ0n) is 11.8. The van der Waals surface area contributed by atoms with Gasteiger partial charge in [-0.1, -0.05) is 30.7 Å². The van der Waals surface area contributed by atoms with Gasteiger partial charge in [-0.2, -0.15) is 0 Å². The summed E-state index contributed by atoms with van der Waals surface area (Å²) in [5, 5.41) is 5.08. The van der Waals surface area contributed by atoms with Gasteiger partial charge < -0.3 is 10.1 Å². The molecule has 1 aromatic carbocycles. The first-order valence-electron chi connectivity index (χ1n) is 6.73. The lowest BCUT2D eigenvalue weighted by Gasteiger charge is -2.13. The maximum absolute atomic E-state index is 6.25. The standard InChI is InChI=1S/C15H19ClN2OS/c1-3-7-17-8-12-5-4-6-14(16)15(12)19-10-13-9-18-11(2)20-13/h4-6,9,17H,3,7-8,10H2,1-2H3. The number of hydrogen-bond acceptors (Lipinski definition) is 4. The average molecular weight is 311 g/mol. The van der Waals surface area contributed by atoms with E-state index in [2.05, 4.69) is 17.2 Å². The van der Waals surface area contributed by atoms with E-state index in [1.54, 1.807) is 11.3 Å². The minimum Gasteiger partial charge on any atom is -0.486 e. The van der Waals surface area contributed by atoms with Crippen molar-refractivity contribution in [2.75, 3.05) is 6.54 Å². The van der Waals surface area contributed by atoms with E-state index in [-0.39, 0.29) is 0 Å². The molecule has 0 radical (unpaired) electrons. The first kappa shape index (κ1) is 15.3. The van der Waals surface area contributed by atoms with E-state index < -0.39 is 0 Å². The van der Waals surface area contributed by atoms with Crippen LogP contribution in [0, 0.1) is 6.92 Å². The van der Waals surface area contributed by atoms with E-state index in [1.165, 1.54) is 0 Å². The third kappa shape index (κ3) is 4.20. The minimum atomic E-state index is 0.510. The smallest absolute Gasteiger partial charge is 0.142 e. The second-order valence-corrected chi connectivity index (χ2v) is 6.27. The molecule has 2 aromatic rings. The van der Waals surface area contributed by atoms with Gasteiger partial charge in [-0.15, -0.1) is 11.3 Å². The summed E-state index contributed by atoms with van der Waals surface area (Å²) >= 11 is 7.89. The van der Waals surface area contributed by atoms with Crippen LogP contribution < -0.4 is 10.1 Å². The molecule has 0 saturated carbocycles. The fraction of sp³-hybridized carbons (Fsp3) is 0.400. The Bertz CT molecular complexity index is 557. The third-order valence-corrected chi connectivity index (χ3v) is 4.00. The number of nitrogens with one attached hydrogen (secondary N) is 1. The number of aryl methyl sites for hydroxylation is 1. The Morgan fingerprint density at radius 2 is 2.25 bits per heavy atom. The molecule has 20 heavy (non-hydrogen) atoms. The van der Waals surface area contributed by atoms with Crippen molar-refractivity contribution in [1.29, 1.82) is 0 Å². The van der Waals surface area contributed by atoms with Crippen LogP contribution in [0.4, 0.5) is 0 Å². The van der Waals surface area contributed by atoms with E-state index in [4.69, 9.17) is 16.3 Å². The number of benzene rings is 1. The molecule has 0 aliphatic heterocycles. The van der Waals surface area contributed by atoms with Crippen molar-refractivity contribution in [3.05, 3.63) is 44.9 Å². The van der Waals surface area contributed by atoms with Crippen LogP contribution in [0.15, 0.2) is 24.4 Å². The molecule has 0 bridgehead atoms. The summed E-state index contributed by atoms with van der Waals surface area (Å²) in [6, 6.07) is 5.86. The van der Waals surface area contributed by atoms with Gasteiger partial charge in [0.2, 0.25) is 0 Å². The molecule has 1 aromatic heterocycles. The Morgan fingerprint density at radius 3 is 2.95 bits per heavy atom. The normalized spacial score (nSPS) is 10.8. The first-order valence-corrected chi connectivity index (χ1v) is 7.92. The van der Waals surface area contributed by atoms with E-state index in [1.807, 2.05) is 31.3 Å². The number of para-hydroxylation sites is 1. The zero-order valence-corrected chi connectivity index (χ0v) is 13.4. The fourth-order valence-corrected chi connectivity index (χ4v) is 2.83. The third-order valence-electron chi connectivity index (χ3n) is 2.82. The summed E-state index contributed by atoms with van der Waals surface area (Å²) in [5.41, 5.74) is 1.09. The Labute approximate surface area is 129 Å². The van der Waals surface area contributed by atoms with Gasteiger partial charge in [0.05, 0.1) is 14.9 Å². The lowest BCUT2D eigenvalue weighted by molar-refractivity contribution is 0.305. The Balaban J connectivity index is 2.04. The van der Waals surface area contributed by atoms with E-state index in [9.17, 15) is 0 Å². The summed E-state index contributed by atoms with van der Waals surface area (Å²) in [7, 11) is 0. The molecule has 108 valence electrons. The number of ether oxygens (including phenoxy) is 1. The van der Waals surface area contributed by atoms with E-state index in [0.29, 0.717) is 11.6 Å². The number of halogens is 1. The number of aromatic nitrogens is 1. The van der Waals surface area contributed by atoms with E-state index >= 15 is 0 Å². The largest absolute Gasteiger partial charge is 0.486 e. The number of thiazole rings is 1. The fourth-order valence-electron chi connectivity index (χ4n) is 1.87. The molecule has 0 amide bonds. The van der Waals surface area contributed by atoms with Crippen LogP contribution in [0.5, 0.6) is 5.75 Å². The number of nitrogens with zero attached hydrogens (tertiary/aromatic N) is 1. The van der Waals surface area contributed by atoms with Crippen LogP contribution in [0.25, 0.3) is 0 Å². The molecule has 0 spiro atoms. The highest BCUT2D eigenvalue weighted by atomic mass is 35.5. The van der Waals surface area contributed by atoms with Crippen LogP contribution in [0.1, 0.15) is 28.8 Å². The van der Waals surface area contributed by atoms with Crippen molar-refractivity contribution in [3.63, 3.8) is 0 Å². The summed E-state index contributed by atoms with van der Waals surface area (Å²) in [6.45, 7) is 6.40. The highest BCUT2D eigenvalue weighted by Crippen LogP contribution is 2.30. The Hall–Kier alpha value is -1.10. The highest BCUT2D eigenvalue weighted by Gasteiger charge is 2.09. The molecule has 1 N–H and O–H groups in total. The van der Waals surface area contributed by atoms with Crippen molar-refractivity contribution in [2.45, 2.75) is 33.4 Å². The van der Waals surface area contributed by atoms with Crippen LogP contribution in [0.2, 0.25) is 5.02 Å². The van der Waals surface area contributed by atoms with Gasteiger partial charge in [-0.3, -0.25) is 0 Å². The molecule has 0 aliphatic carbocycles. The van der Waals surface area contributed by atoms with Gasteiger partial charge in [-0.25, -0.2) is 4.98 Å². The van der Waals surface area contributed by atoms with Gasteiger partial charge in [-0.05, 0) is 26.0 Å². The van der Waals surface area contributed by atoms with Crippen LogP contribution >= 0.6 is 22.9 Å². The second-order valence-electron chi connectivity index (χ2n) is 4.54. The summed E-state index contributed by atoms with van der Waals surface area (Å²) in [5.74, 6) is 0.767. The van der Waals surface area contributed by atoms with Gasteiger partial charge in [0.1, 0.15) is 12.4 Å². The molecule has 2 rings (SSSR count). The molecule has 1 heterocycles. The predicted molar refractivity (Wildman–Crippen MR) is 84.6 cm³/mol. The lowest BCUT2D eigenvalue weighted by Crippen LogP contribution is -2.14. The molecule has 0 unspecified atom stereocenters. The van der Waals surface area contributed by atoms with Crippen LogP contribution in [0.3, 0.4) is 0 Å². The first-order chi connectivity index (χ1) is 9.70. The molecule has 3 nitrogen and oxygen atoms in total. The highest BCUT2D eigenvalue weighted by molar-refractivity contribution is 7.11. The van der Waals surface area contributed by atoms with Gasteiger partial charge in [0.25, 0.3) is 0 Å². The van der Waals surface area contributed by atoms with Crippen LogP contribution in [-0.2, 0) is 13.2 Å². The van der Waals surface area contributed by atoms with Crippen molar-refractivity contribution >= 4 is 22.9 Å². The summed E-state index contributed by atoms with van der Waals surface area (Å²) in [6.07, 6.45) is 2.96. The molecule has 0 fully saturated rings. The topological polar surface area (TPSA) is 34.1 Å². The van der Waals surface area contributed by atoms with Crippen molar-refractivity contribution < 1.29 is 4.74 Å². The summed E-state index contributed by atoms with van der Waals surface area (Å²) < 4.78 is 5.90. The molecule has 0 saturated heterocycles. The quantitative estimate of drug-likeness (QED) is 0.779. The van der Waals surface area contributed by atoms with Crippen molar-refractivity contribution in [2.24, 2.45) is 0 Å². The summed E-state index contributed by atoms with van der Waals surface area (Å²) in [4.78, 5) is 5.33. The van der Waals surface area contributed by atoms with Crippen LogP contribution in [-0.4, -0.2) is 11.5 Å². The maximum atomic E-state index is 6.25. The zero-order chi connectivity index (χ0) is 14.4. The molecular weight excluding hydrogens is 292 g/mol. The average Bonchev–Trinajstić information content (AvgIpc) is 2.84. The van der Waals surface area contributed by atoms with Gasteiger partial charge in [0, 0.05) is 18.3 Å². The minimum absolute atomic E-state index is 0.510. The molecule has 5 heteroatoms. The Kier molecular flexibility index (Phi) is 5.83. The Morgan fingerprint density at radius 1 is 1.40 bits per heavy atom. The molecule has 0 aliphatic rings. The maximum Gasteiger partial charge on any atom is 0.142 e. The van der Waals surface area contributed by atoms with E-state index in [0.717, 1.165) is 40.7 Å². The number of rotatable bonds is 7. The molecular formula is C15H19ClN2OS. The predicted octanol–water partition coefficient (Wildman–Crippen LogP) is 4.18. The van der Waals surface area contributed by atoms with Gasteiger partial charge in [0.15, 0.2) is 0 Å². The second kappa shape index (κ2) is 7.62. The monoisotopic (exact) mass is 310 g/mol. The SMILES string of the molecule is CCCNCc1cccc(Cl)c1OCc1cnc(C)s1. The van der Waals surface area contributed by atoms with Crippen molar-refractivity contribution in [1.82, 2.24) is 10.3 Å². The number of hydrogen-bond donors (Lipinski definition) is 1. The van der Waals surface area contributed by atoms with Crippen molar-refractivity contribution in [3.8, 4) is 5.75 Å².